The van der Waals surface area contributed by atoms with Gasteiger partial charge in [0.2, 0.25) is 0 Å². The number of nitrogens with one attached hydrogen (secondary N) is 1. The quantitative estimate of drug-likeness (QED) is 0.417. The van der Waals surface area contributed by atoms with Crippen molar-refractivity contribution in [2.75, 3.05) is 45.6 Å². The predicted octanol–water partition coefficient (Wildman–Crippen LogP) is 1.76. The molecule has 0 saturated carbocycles. The van der Waals surface area contributed by atoms with Gasteiger partial charge in [0.25, 0.3) is 0 Å². The summed E-state index contributed by atoms with van der Waals surface area (Å²) in [5, 5.41) is 3.77. The summed E-state index contributed by atoms with van der Waals surface area (Å²) in [6, 6.07) is -0.132. The fraction of sp³-hybridized carbons (Fsp3) is 0.643. The number of carbonyl (C=O) groups is 1. The molecule has 0 aliphatic carbocycles. The lowest BCUT2D eigenvalue weighted by Crippen LogP contribution is -2.31. The van der Waals surface area contributed by atoms with Crippen LogP contribution in [0.3, 0.4) is 0 Å². The van der Waals surface area contributed by atoms with Gasteiger partial charge in [-0.3, -0.25) is 0 Å². The Hall–Kier alpha value is -1.38. The molecule has 0 unspecified atom stereocenters. The second-order valence-corrected chi connectivity index (χ2v) is 5.27. The SMILES string of the molecule is CCOC(=O)c1c(C)nc(SC)nc1NC(COC)COC. The van der Waals surface area contributed by atoms with Crippen LogP contribution < -0.4 is 5.32 Å². The van der Waals surface area contributed by atoms with Crippen LogP contribution in [-0.4, -0.2) is 62.3 Å². The van der Waals surface area contributed by atoms with E-state index in [1.54, 1.807) is 28.1 Å². The standard InChI is InChI=1S/C14H23N3O4S/c1-6-21-13(18)11-9(2)15-14(22-5)17-12(11)16-10(7-19-3)8-20-4/h10H,6-8H2,1-5H3,(H,15,16,17). The topological polar surface area (TPSA) is 82.6 Å². The van der Waals surface area contributed by atoms with Crippen molar-refractivity contribution in [2.24, 2.45) is 0 Å². The summed E-state index contributed by atoms with van der Waals surface area (Å²) in [5.74, 6) is -0.00173. The van der Waals surface area contributed by atoms with Crippen molar-refractivity contribution in [1.82, 2.24) is 9.97 Å². The maximum atomic E-state index is 12.2. The molecular weight excluding hydrogens is 306 g/mol. The molecule has 0 aromatic carbocycles. The van der Waals surface area contributed by atoms with E-state index in [2.05, 4.69) is 15.3 Å². The number of hydrogen-bond donors (Lipinski definition) is 1. The van der Waals surface area contributed by atoms with Gasteiger partial charge in [0.15, 0.2) is 5.16 Å². The van der Waals surface area contributed by atoms with E-state index in [-0.39, 0.29) is 6.04 Å². The third-order valence-electron chi connectivity index (χ3n) is 2.81. The lowest BCUT2D eigenvalue weighted by molar-refractivity contribution is 0.0525. The highest BCUT2D eigenvalue weighted by Gasteiger charge is 2.22. The number of hydrogen-bond acceptors (Lipinski definition) is 8. The Bertz CT molecular complexity index is 493. The van der Waals surface area contributed by atoms with Crippen molar-refractivity contribution in [2.45, 2.75) is 25.0 Å². The number of nitrogens with zero attached hydrogens (tertiary/aromatic N) is 2. The van der Waals surface area contributed by atoms with Gasteiger partial charge in [0.05, 0.1) is 31.6 Å². The molecule has 1 aromatic rings. The summed E-state index contributed by atoms with van der Waals surface area (Å²) < 4.78 is 15.4. The van der Waals surface area contributed by atoms with Crippen molar-refractivity contribution in [3.63, 3.8) is 0 Å². The maximum absolute atomic E-state index is 12.2. The van der Waals surface area contributed by atoms with Crippen LogP contribution in [0.15, 0.2) is 5.16 Å². The van der Waals surface area contributed by atoms with Crippen molar-refractivity contribution in [1.29, 1.82) is 0 Å². The van der Waals surface area contributed by atoms with Crippen molar-refractivity contribution >= 4 is 23.5 Å². The highest BCUT2D eigenvalue weighted by Crippen LogP contribution is 2.22. The molecule has 0 aliphatic heterocycles. The lowest BCUT2D eigenvalue weighted by atomic mass is 10.2. The first-order valence-electron chi connectivity index (χ1n) is 6.91. The molecule has 22 heavy (non-hydrogen) atoms. The molecule has 0 amide bonds. The third kappa shape index (κ3) is 5.11. The van der Waals surface area contributed by atoms with Crippen molar-refractivity contribution in [3.05, 3.63) is 11.3 Å². The first kappa shape index (κ1) is 18.7. The van der Waals surface area contributed by atoms with Crippen LogP contribution >= 0.6 is 11.8 Å². The number of anilines is 1. The van der Waals surface area contributed by atoms with E-state index in [4.69, 9.17) is 14.2 Å². The number of rotatable bonds is 9. The zero-order chi connectivity index (χ0) is 16.5. The van der Waals surface area contributed by atoms with E-state index >= 15 is 0 Å². The summed E-state index contributed by atoms with van der Waals surface area (Å²) in [6.07, 6.45) is 1.88. The van der Waals surface area contributed by atoms with Crippen LogP contribution in [0, 0.1) is 6.92 Å². The fourth-order valence-corrected chi connectivity index (χ4v) is 2.33. The van der Waals surface area contributed by atoms with Gasteiger partial charge in [-0.1, -0.05) is 11.8 Å². The summed E-state index contributed by atoms with van der Waals surface area (Å²) in [6.45, 7) is 4.67. The monoisotopic (exact) mass is 329 g/mol. The Balaban J connectivity index is 3.17. The normalized spacial score (nSPS) is 10.8. The van der Waals surface area contributed by atoms with E-state index < -0.39 is 5.97 Å². The molecule has 1 rings (SSSR count). The molecule has 1 N–H and O–H groups in total. The minimum atomic E-state index is -0.441. The van der Waals surface area contributed by atoms with Gasteiger partial charge in [0.1, 0.15) is 11.4 Å². The highest BCUT2D eigenvalue weighted by atomic mass is 32.2. The number of aryl methyl sites for hydroxylation is 1. The molecular formula is C14H23N3O4S. The lowest BCUT2D eigenvalue weighted by Gasteiger charge is -2.20. The average molecular weight is 329 g/mol. The smallest absolute Gasteiger partial charge is 0.343 e. The summed E-state index contributed by atoms with van der Waals surface area (Å²) in [5.41, 5.74) is 0.922. The molecule has 1 aromatic heterocycles. The van der Waals surface area contributed by atoms with E-state index in [0.29, 0.717) is 42.1 Å². The van der Waals surface area contributed by atoms with Crippen LogP contribution in [-0.2, 0) is 14.2 Å². The van der Waals surface area contributed by atoms with Gasteiger partial charge in [-0.2, -0.15) is 0 Å². The first-order valence-corrected chi connectivity index (χ1v) is 8.13. The maximum Gasteiger partial charge on any atom is 0.343 e. The Labute approximate surface area is 135 Å². The Morgan fingerprint density at radius 3 is 2.41 bits per heavy atom. The number of methoxy groups -OCH3 is 2. The van der Waals surface area contributed by atoms with E-state index in [1.165, 1.54) is 11.8 Å². The van der Waals surface area contributed by atoms with Gasteiger partial charge < -0.3 is 19.5 Å². The number of ether oxygens (including phenoxy) is 3. The summed E-state index contributed by atoms with van der Waals surface area (Å²) in [7, 11) is 3.21. The Kier molecular flexibility index (Phi) is 8.15. The van der Waals surface area contributed by atoms with Gasteiger partial charge in [-0.15, -0.1) is 0 Å². The minimum absolute atomic E-state index is 0.132. The van der Waals surface area contributed by atoms with Crippen LogP contribution in [0.5, 0.6) is 0 Å². The molecule has 0 spiro atoms. The average Bonchev–Trinajstić information content (AvgIpc) is 2.47. The molecule has 7 nitrogen and oxygen atoms in total. The largest absolute Gasteiger partial charge is 0.462 e. The van der Waals surface area contributed by atoms with Gasteiger partial charge in [-0.25, -0.2) is 14.8 Å². The first-order chi connectivity index (χ1) is 10.6. The van der Waals surface area contributed by atoms with Gasteiger partial charge >= 0.3 is 5.97 Å². The van der Waals surface area contributed by atoms with Gasteiger partial charge in [0, 0.05) is 14.2 Å². The predicted molar refractivity (Wildman–Crippen MR) is 85.7 cm³/mol. The van der Waals surface area contributed by atoms with Crippen molar-refractivity contribution in [3.8, 4) is 0 Å². The minimum Gasteiger partial charge on any atom is -0.462 e. The molecule has 0 atom stereocenters. The van der Waals surface area contributed by atoms with E-state index in [0.717, 1.165) is 0 Å². The molecule has 0 aliphatic rings. The summed E-state index contributed by atoms with van der Waals surface area (Å²) in [4.78, 5) is 20.9. The zero-order valence-corrected chi connectivity index (χ0v) is 14.5. The van der Waals surface area contributed by atoms with E-state index in [9.17, 15) is 4.79 Å². The van der Waals surface area contributed by atoms with Gasteiger partial charge in [-0.05, 0) is 20.1 Å². The summed E-state index contributed by atoms with van der Waals surface area (Å²) >= 11 is 1.41. The van der Waals surface area contributed by atoms with Crippen LogP contribution in [0.25, 0.3) is 0 Å². The molecule has 0 saturated heterocycles. The Morgan fingerprint density at radius 2 is 1.91 bits per heavy atom. The second kappa shape index (κ2) is 9.60. The number of aromatic nitrogens is 2. The van der Waals surface area contributed by atoms with Crippen LogP contribution in [0.2, 0.25) is 0 Å². The molecule has 0 fully saturated rings. The third-order valence-corrected chi connectivity index (χ3v) is 3.36. The Morgan fingerprint density at radius 1 is 1.27 bits per heavy atom. The fourth-order valence-electron chi connectivity index (χ4n) is 1.92. The molecule has 124 valence electrons. The second-order valence-electron chi connectivity index (χ2n) is 4.49. The molecule has 0 bridgehead atoms. The number of thioether (sulfide) groups is 1. The van der Waals surface area contributed by atoms with Crippen LogP contribution in [0.1, 0.15) is 23.0 Å². The molecule has 0 radical (unpaired) electrons. The number of esters is 1. The van der Waals surface area contributed by atoms with Crippen molar-refractivity contribution < 1.29 is 19.0 Å². The highest BCUT2D eigenvalue weighted by molar-refractivity contribution is 7.98. The van der Waals surface area contributed by atoms with Crippen LogP contribution in [0.4, 0.5) is 5.82 Å². The molecule has 8 heteroatoms. The van der Waals surface area contributed by atoms with E-state index in [1.807, 2.05) is 6.26 Å². The molecule has 1 heterocycles. The number of carbonyl (C=O) groups excluding carboxylic acids is 1. The zero-order valence-electron chi connectivity index (χ0n) is 13.6.